The first-order chi connectivity index (χ1) is 12.6. The Morgan fingerprint density at radius 3 is 2.92 bits per heavy atom. The van der Waals surface area contributed by atoms with Gasteiger partial charge in [-0.05, 0) is 36.8 Å². The van der Waals surface area contributed by atoms with Crippen LogP contribution in [0.3, 0.4) is 0 Å². The van der Waals surface area contributed by atoms with Gasteiger partial charge in [0.05, 0.1) is 23.4 Å². The molecule has 0 spiro atoms. The van der Waals surface area contributed by atoms with E-state index in [0.717, 1.165) is 0 Å². The molecular formula is C18H15Cl2N3O3. The molecule has 0 unspecified atom stereocenters. The van der Waals surface area contributed by atoms with E-state index in [-0.39, 0.29) is 17.3 Å². The zero-order valence-electron chi connectivity index (χ0n) is 13.8. The molecule has 134 valence electrons. The fourth-order valence-electron chi connectivity index (χ4n) is 1.96. The second-order valence-corrected chi connectivity index (χ2v) is 5.56. The number of ether oxygens (including phenoxy) is 2. The van der Waals surface area contributed by atoms with Crippen LogP contribution in [-0.2, 0) is 0 Å². The molecule has 1 heterocycles. The third kappa shape index (κ3) is 5.12. The summed E-state index contributed by atoms with van der Waals surface area (Å²) >= 11 is 12.1. The fraction of sp³-hybridized carbons (Fsp3) is 0.167. The van der Waals surface area contributed by atoms with Crippen molar-refractivity contribution in [3.8, 4) is 23.8 Å². The Hall–Kier alpha value is -2.75. The lowest BCUT2D eigenvalue weighted by Gasteiger charge is -2.12. The Morgan fingerprint density at radius 1 is 1.42 bits per heavy atom. The molecule has 0 aliphatic heterocycles. The number of benzene rings is 1. The zero-order valence-corrected chi connectivity index (χ0v) is 15.3. The number of nitrogens with one attached hydrogen (secondary N) is 1. The van der Waals surface area contributed by atoms with Gasteiger partial charge >= 0.3 is 0 Å². The lowest BCUT2D eigenvalue weighted by Crippen LogP contribution is -2.18. The van der Waals surface area contributed by atoms with Crippen molar-refractivity contribution in [3.63, 3.8) is 0 Å². The minimum absolute atomic E-state index is 0.0646. The summed E-state index contributed by atoms with van der Waals surface area (Å²) in [4.78, 5) is 15.9. The van der Waals surface area contributed by atoms with Crippen LogP contribution in [0.25, 0.3) is 0 Å². The second kappa shape index (κ2) is 9.66. The number of pyridine rings is 1. The van der Waals surface area contributed by atoms with Gasteiger partial charge in [0.15, 0.2) is 11.5 Å². The Kier molecular flexibility index (Phi) is 7.27. The molecule has 1 amide bonds. The topological polar surface area (TPSA) is 72.8 Å². The number of aromatic nitrogens is 1. The molecule has 8 heteroatoms. The van der Waals surface area contributed by atoms with Gasteiger partial charge in [-0.3, -0.25) is 4.79 Å². The summed E-state index contributed by atoms with van der Waals surface area (Å²) in [6, 6.07) is 6.44. The molecule has 0 aliphatic carbocycles. The second-order valence-electron chi connectivity index (χ2n) is 4.80. The molecule has 1 aromatic heterocycles. The predicted molar refractivity (Wildman–Crippen MR) is 101 cm³/mol. The van der Waals surface area contributed by atoms with Crippen molar-refractivity contribution < 1.29 is 14.3 Å². The summed E-state index contributed by atoms with van der Waals surface area (Å²) in [5.74, 6) is 2.67. The van der Waals surface area contributed by atoms with Crippen LogP contribution in [0.2, 0.25) is 10.2 Å². The Bertz CT molecular complexity index is 863. The fourth-order valence-corrected chi connectivity index (χ4v) is 2.44. The van der Waals surface area contributed by atoms with Crippen molar-refractivity contribution in [2.45, 2.75) is 6.92 Å². The molecule has 2 aromatic rings. The first-order valence-electron chi connectivity index (χ1n) is 7.53. The SMILES string of the molecule is C#CCOc1c(Cl)cc(C=NNC(=O)c2cccnc2Cl)cc1OCC. The number of carbonyl (C=O) groups is 1. The monoisotopic (exact) mass is 391 g/mol. The number of hydrazone groups is 1. The molecule has 0 radical (unpaired) electrons. The van der Waals surface area contributed by atoms with E-state index in [0.29, 0.717) is 28.7 Å². The van der Waals surface area contributed by atoms with E-state index in [4.69, 9.17) is 39.1 Å². The van der Waals surface area contributed by atoms with Crippen molar-refractivity contribution in [2.75, 3.05) is 13.2 Å². The molecule has 1 aromatic carbocycles. The molecule has 26 heavy (non-hydrogen) atoms. The molecule has 0 aliphatic rings. The zero-order chi connectivity index (χ0) is 18.9. The predicted octanol–water partition coefficient (Wildman–Crippen LogP) is 3.56. The summed E-state index contributed by atoms with van der Waals surface area (Å²) in [6.45, 7) is 2.31. The first kappa shape index (κ1) is 19.6. The Labute approximate surface area is 161 Å². The normalized spacial score (nSPS) is 10.4. The van der Waals surface area contributed by atoms with Crippen molar-refractivity contribution in [3.05, 3.63) is 51.8 Å². The summed E-state index contributed by atoms with van der Waals surface area (Å²) in [5, 5.41) is 4.30. The van der Waals surface area contributed by atoms with Crippen molar-refractivity contribution in [2.24, 2.45) is 5.10 Å². The Balaban J connectivity index is 2.16. The standard InChI is InChI=1S/C18H15Cl2N3O3/c1-3-8-26-16-14(19)9-12(10-15(16)25-4-2)11-22-23-18(24)13-6-5-7-21-17(13)20/h1,5-7,9-11H,4,8H2,2H3,(H,23,24). The van der Waals surface area contributed by atoms with E-state index >= 15 is 0 Å². The lowest BCUT2D eigenvalue weighted by atomic mass is 10.2. The highest BCUT2D eigenvalue weighted by atomic mass is 35.5. The van der Waals surface area contributed by atoms with Gasteiger partial charge in [0.25, 0.3) is 5.91 Å². The average molecular weight is 392 g/mol. The van der Waals surface area contributed by atoms with Gasteiger partial charge in [0.1, 0.15) is 11.8 Å². The molecule has 2 rings (SSSR count). The van der Waals surface area contributed by atoms with Gasteiger partial charge in [-0.1, -0.05) is 29.1 Å². The average Bonchev–Trinajstić information content (AvgIpc) is 2.61. The third-order valence-electron chi connectivity index (χ3n) is 3.01. The van der Waals surface area contributed by atoms with Gasteiger partial charge in [0, 0.05) is 6.20 Å². The lowest BCUT2D eigenvalue weighted by molar-refractivity contribution is 0.0955. The highest BCUT2D eigenvalue weighted by Gasteiger charge is 2.12. The third-order valence-corrected chi connectivity index (χ3v) is 3.60. The highest BCUT2D eigenvalue weighted by Crippen LogP contribution is 2.36. The van der Waals surface area contributed by atoms with Crippen LogP contribution in [-0.4, -0.2) is 30.3 Å². The smallest absolute Gasteiger partial charge is 0.274 e. The molecule has 0 bridgehead atoms. The van der Waals surface area contributed by atoms with E-state index in [1.165, 1.54) is 12.4 Å². The van der Waals surface area contributed by atoms with Gasteiger partial charge in [-0.2, -0.15) is 5.10 Å². The van der Waals surface area contributed by atoms with E-state index in [2.05, 4.69) is 21.4 Å². The molecule has 0 saturated heterocycles. The minimum Gasteiger partial charge on any atom is -0.490 e. The summed E-state index contributed by atoms with van der Waals surface area (Å²) < 4.78 is 10.9. The maximum atomic E-state index is 12.0. The molecular weight excluding hydrogens is 377 g/mol. The number of halogens is 2. The van der Waals surface area contributed by atoms with Crippen LogP contribution in [0.5, 0.6) is 11.5 Å². The van der Waals surface area contributed by atoms with Gasteiger partial charge in [0.2, 0.25) is 0 Å². The number of nitrogens with zero attached hydrogens (tertiary/aromatic N) is 2. The van der Waals surface area contributed by atoms with Crippen LogP contribution in [0.1, 0.15) is 22.8 Å². The van der Waals surface area contributed by atoms with Crippen LogP contribution in [0.4, 0.5) is 0 Å². The maximum absolute atomic E-state index is 12.0. The van der Waals surface area contributed by atoms with Crippen LogP contribution >= 0.6 is 23.2 Å². The van der Waals surface area contributed by atoms with E-state index in [1.807, 2.05) is 6.92 Å². The van der Waals surface area contributed by atoms with Crippen LogP contribution in [0.15, 0.2) is 35.6 Å². The molecule has 0 saturated carbocycles. The Morgan fingerprint density at radius 2 is 2.23 bits per heavy atom. The van der Waals surface area contributed by atoms with E-state index in [1.54, 1.807) is 24.3 Å². The molecule has 6 nitrogen and oxygen atoms in total. The molecule has 0 atom stereocenters. The van der Waals surface area contributed by atoms with Gasteiger partial charge in [-0.15, -0.1) is 6.42 Å². The molecule has 0 fully saturated rings. The summed E-state index contributed by atoms with van der Waals surface area (Å²) in [5.41, 5.74) is 3.19. The van der Waals surface area contributed by atoms with Crippen molar-refractivity contribution >= 4 is 35.3 Å². The summed E-state index contributed by atoms with van der Waals surface area (Å²) in [7, 11) is 0. The van der Waals surface area contributed by atoms with Crippen LogP contribution < -0.4 is 14.9 Å². The van der Waals surface area contributed by atoms with Crippen LogP contribution in [0, 0.1) is 12.3 Å². The first-order valence-corrected chi connectivity index (χ1v) is 8.29. The quantitative estimate of drug-likeness (QED) is 0.339. The van der Waals surface area contributed by atoms with Gasteiger partial charge in [-0.25, -0.2) is 10.4 Å². The maximum Gasteiger partial charge on any atom is 0.274 e. The summed E-state index contributed by atoms with van der Waals surface area (Å²) in [6.07, 6.45) is 8.11. The number of hydrogen-bond donors (Lipinski definition) is 1. The number of amides is 1. The number of hydrogen-bond acceptors (Lipinski definition) is 5. The molecule has 1 N–H and O–H groups in total. The number of carbonyl (C=O) groups excluding carboxylic acids is 1. The van der Waals surface area contributed by atoms with Crippen molar-refractivity contribution in [1.82, 2.24) is 10.4 Å². The number of rotatable bonds is 7. The van der Waals surface area contributed by atoms with E-state index < -0.39 is 5.91 Å². The van der Waals surface area contributed by atoms with Gasteiger partial charge < -0.3 is 9.47 Å². The number of terminal acetylenes is 1. The van der Waals surface area contributed by atoms with E-state index in [9.17, 15) is 4.79 Å². The minimum atomic E-state index is -0.482. The largest absolute Gasteiger partial charge is 0.490 e. The highest BCUT2D eigenvalue weighted by molar-refractivity contribution is 6.33. The van der Waals surface area contributed by atoms with Crippen molar-refractivity contribution in [1.29, 1.82) is 0 Å².